The largest absolute Gasteiger partial charge is 0.326 e. The van der Waals surface area contributed by atoms with E-state index in [9.17, 15) is 9.59 Å². The fourth-order valence-electron chi connectivity index (χ4n) is 3.30. The number of anilines is 2. The van der Waals surface area contributed by atoms with E-state index < -0.39 is 0 Å². The van der Waals surface area contributed by atoms with E-state index in [0.29, 0.717) is 24.9 Å². The zero-order valence-electron chi connectivity index (χ0n) is 15.7. The molecule has 25 heavy (non-hydrogen) atoms. The first-order valence-electron chi connectivity index (χ1n) is 9.34. The standard InChI is InChI=1S/C20H31N3O2/c1-15(2)13-19(24)21-16-9-11-17(12-10-16)22-20(25)14-23(3)18-7-5-4-6-8-18/h9-12,15,18H,4-8,13-14H2,1-3H3,(H,21,24)(H,22,25). The number of nitrogens with one attached hydrogen (secondary N) is 2. The molecule has 0 unspecified atom stereocenters. The third-order valence-electron chi connectivity index (χ3n) is 4.64. The number of amides is 2. The van der Waals surface area contributed by atoms with Crippen molar-refractivity contribution in [3.8, 4) is 0 Å². The summed E-state index contributed by atoms with van der Waals surface area (Å²) in [5.41, 5.74) is 1.51. The molecule has 0 saturated heterocycles. The van der Waals surface area contributed by atoms with Crippen molar-refractivity contribution in [2.45, 2.75) is 58.4 Å². The summed E-state index contributed by atoms with van der Waals surface area (Å²) in [6.07, 6.45) is 6.73. The van der Waals surface area contributed by atoms with Gasteiger partial charge in [0.1, 0.15) is 0 Å². The molecule has 2 amide bonds. The molecular formula is C20H31N3O2. The van der Waals surface area contributed by atoms with Gasteiger partial charge >= 0.3 is 0 Å². The molecule has 0 radical (unpaired) electrons. The lowest BCUT2D eigenvalue weighted by atomic mass is 9.94. The van der Waals surface area contributed by atoms with Crippen molar-refractivity contribution in [1.82, 2.24) is 4.90 Å². The Morgan fingerprint density at radius 3 is 2.04 bits per heavy atom. The zero-order valence-corrected chi connectivity index (χ0v) is 15.7. The van der Waals surface area contributed by atoms with Crippen LogP contribution in [0.2, 0.25) is 0 Å². The smallest absolute Gasteiger partial charge is 0.238 e. The number of hydrogen-bond acceptors (Lipinski definition) is 3. The molecule has 1 aromatic rings. The number of benzene rings is 1. The number of nitrogens with zero attached hydrogens (tertiary/aromatic N) is 1. The van der Waals surface area contributed by atoms with Crippen molar-refractivity contribution in [3.05, 3.63) is 24.3 Å². The molecule has 1 aromatic carbocycles. The number of carbonyl (C=O) groups excluding carboxylic acids is 2. The maximum Gasteiger partial charge on any atom is 0.238 e. The molecule has 0 heterocycles. The highest BCUT2D eigenvalue weighted by Crippen LogP contribution is 2.21. The molecule has 0 aromatic heterocycles. The van der Waals surface area contributed by atoms with E-state index in [4.69, 9.17) is 0 Å². The van der Waals surface area contributed by atoms with Crippen LogP contribution >= 0.6 is 0 Å². The summed E-state index contributed by atoms with van der Waals surface area (Å²) in [7, 11) is 2.03. The topological polar surface area (TPSA) is 61.4 Å². The summed E-state index contributed by atoms with van der Waals surface area (Å²) in [5, 5.41) is 5.80. The highest BCUT2D eigenvalue weighted by atomic mass is 16.2. The van der Waals surface area contributed by atoms with E-state index in [2.05, 4.69) is 15.5 Å². The summed E-state index contributed by atoms with van der Waals surface area (Å²) in [4.78, 5) is 26.2. The molecule has 0 bridgehead atoms. The minimum atomic E-state index is 0.00432. The maximum absolute atomic E-state index is 12.2. The van der Waals surface area contributed by atoms with Gasteiger partial charge in [0.05, 0.1) is 6.54 Å². The Hall–Kier alpha value is -1.88. The van der Waals surface area contributed by atoms with Crippen LogP contribution in [0.15, 0.2) is 24.3 Å². The highest BCUT2D eigenvalue weighted by molar-refractivity contribution is 5.93. The molecule has 1 fully saturated rings. The van der Waals surface area contributed by atoms with Gasteiger partial charge in [-0.15, -0.1) is 0 Å². The Morgan fingerprint density at radius 2 is 1.52 bits per heavy atom. The highest BCUT2D eigenvalue weighted by Gasteiger charge is 2.19. The van der Waals surface area contributed by atoms with Gasteiger partial charge in [0.2, 0.25) is 11.8 Å². The number of hydrogen-bond donors (Lipinski definition) is 2. The predicted molar refractivity (Wildman–Crippen MR) is 103 cm³/mol. The molecule has 5 nitrogen and oxygen atoms in total. The lowest BCUT2D eigenvalue weighted by Crippen LogP contribution is -2.39. The van der Waals surface area contributed by atoms with Crippen molar-refractivity contribution in [1.29, 1.82) is 0 Å². The Labute approximate surface area is 151 Å². The quantitative estimate of drug-likeness (QED) is 0.788. The fraction of sp³-hybridized carbons (Fsp3) is 0.600. The molecule has 0 spiro atoms. The number of likely N-dealkylation sites (N-methyl/N-ethyl adjacent to an activating group) is 1. The molecule has 0 atom stereocenters. The number of carbonyl (C=O) groups is 2. The molecule has 2 N–H and O–H groups in total. The van der Waals surface area contributed by atoms with Crippen molar-refractivity contribution >= 4 is 23.2 Å². The lowest BCUT2D eigenvalue weighted by Gasteiger charge is -2.30. The summed E-state index contributed by atoms with van der Waals surface area (Å²) < 4.78 is 0. The van der Waals surface area contributed by atoms with Crippen molar-refractivity contribution in [2.24, 2.45) is 5.92 Å². The minimum Gasteiger partial charge on any atom is -0.326 e. The van der Waals surface area contributed by atoms with Crippen LogP contribution in [0.5, 0.6) is 0 Å². The van der Waals surface area contributed by atoms with E-state index in [1.165, 1.54) is 32.1 Å². The monoisotopic (exact) mass is 345 g/mol. The molecule has 5 heteroatoms. The van der Waals surface area contributed by atoms with Gasteiger partial charge in [-0.25, -0.2) is 0 Å². The van der Waals surface area contributed by atoms with Crippen LogP contribution in [0, 0.1) is 5.92 Å². The van der Waals surface area contributed by atoms with Crippen molar-refractivity contribution in [2.75, 3.05) is 24.2 Å². The Morgan fingerprint density at radius 1 is 1.00 bits per heavy atom. The predicted octanol–water partition coefficient (Wildman–Crippen LogP) is 3.87. The van der Waals surface area contributed by atoms with Crippen LogP contribution in [0.3, 0.4) is 0 Å². The minimum absolute atomic E-state index is 0.00432. The van der Waals surface area contributed by atoms with Crippen LogP contribution in [0.25, 0.3) is 0 Å². The average molecular weight is 345 g/mol. The summed E-state index contributed by atoms with van der Waals surface area (Å²) >= 11 is 0. The van der Waals surface area contributed by atoms with Gasteiger partial charge in [-0.3, -0.25) is 14.5 Å². The van der Waals surface area contributed by atoms with Gasteiger partial charge in [-0.05, 0) is 50.1 Å². The first kappa shape index (κ1) is 19.4. The molecule has 0 aliphatic heterocycles. The van der Waals surface area contributed by atoms with Gasteiger partial charge in [0.15, 0.2) is 0 Å². The zero-order chi connectivity index (χ0) is 18.2. The lowest BCUT2D eigenvalue weighted by molar-refractivity contribution is -0.118. The Bertz CT molecular complexity index is 563. The summed E-state index contributed by atoms with van der Waals surface area (Å²) in [5.74, 6) is 0.352. The second kappa shape index (κ2) is 9.56. The van der Waals surface area contributed by atoms with Crippen LogP contribution in [-0.2, 0) is 9.59 Å². The van der Waals surface area contributed by atoms with Gasteiger partial charge < -0.3 is 10.6 Å². The molecule has 1 saturated carbocycles. The summed E-state index contributed by atoms with van der Waals surface area (Å²) in [6.45, 7) is 4.45. The molecular weight excluding hydrogens is 314 g/mol. The molecule has 1 aliphatic carbocycles. The third kappa shape index (κ3) is 6.86. The molecule has 138 valence electrons. The second-order valence-corrected chi connectivity index (χ2v) is 7.48. The first-order valence-corrected chi connectivity index (χ1v) is 9.34. The van der Waals surface area contributed by atoms with E-state index in [0.717, 1.165) is 11.4 Å². The normalized spacial score (nSPS) is 15.4. The molecule has 1 aliphatic rings. The maximum atomic E-state index is 12.2. The van der Waals surface area contributed by atoms with Crippen LogP contribution in [0.1, 0.15) is 52.4 Å². The SMILES string of the molecule is CC(C)CC(=O)Nc1ccc(NC(=O)CN(C)C2CCCCC2)cc1. The Balaban J connectivity index is 1.79. The first-order chi connectivity index (χ1) is 11.9. The van der Waals surface area contributed by atoms with E-state index in [1.807, 2.05) is 45.2 Å². The second-order valence-electron chi connectivity index (χ2n) is 7.48. The van der Waals surface area contributed by atoms with Gasteiger partial charge in [-0.1, -0.05) is 33.1 Å². The van der Waals surface area contributed by atoms with Gasteiger partial charge in [0, 0.05) is 23.8 Å². The van der Waals surface area contributed by atoms with Crippen LogP contribution in [-0.4, -0.2) is 36.3 Å². The van der Waals surface area contributed by atoms with Gasteiger partial charge in [-0.2, -0.15) is 0 Å². The third-order valence-corrected chi connectivity index (χ3v) is 4.64. The van der Waals surface area contributed by atoms with Crippen LogP contribution < -0.4 is 10.6 Å². The van der Waals surface area contributed by atoms with E-state index in [-0.39, 0.29) is 11.8 Å². The van der Waals surface area contributed by atoms with E-state index in [1.54, 1.807) is 0 Å². The molecule has 2 rings (SSSR count). The van der Waals surface area contributed by atoms with Crippen LogP contribution in [0.4, 0.5) is 11.4 Å². The van der Waals surface area contributed by atoms with E-state index >= 15 is 0 Å². The number of rotatable bonds is 7. The Kier molecular flexibility index (Phi) is 7.44. The average Bonchev–Trinajstić information content (AvgIpc) is 2.56. The fourth-order valence-corrected chi connectivity index (χ4v) is 3.30. The summed E-state index contributed by atoms with van der Waals surface area (Å²) in [6, 6.07) is 7.81. The van der Waals surface area contributed by atoms with Crippen molar-refractivity contribution in [3.63, 3.8) is 0 Å². The van der Waals surface area contributed by atoms with Gasteiger partial charge in [0.25, 0.3) is 0 Å². The van der Waals surface area contributed by atoms with Crippen molar-refractivity contribution < 1.29 is 9.59 Å².